The van der Waals surface area contributed by atoms with Crippen molar-refractivity contribution in [2.24, 2.45) is 0 Å². The first-order valence-electron chi connectivity index (χ1n) is 8.23. The summed E-state index contributed by atoms with van der Waals surface area (Å²) in [5, 5.41) is 3.48. The van der Waals surface area contributed by atoms with E-state index < -0.39 is 0 Å². The number of rotatable bonds is 11. The van der Waals surface area contributed by atoms with Gasteiger partial charge in [0, 0.05) is 41.0 Å². The van der Waals surface area contributed by atoms with Crippen LogP contribution in [0, 0.1) is 6.42 Å². The molecule has 1 aliphatic rings. The van der Waals surface area contributed by atoms with E-state index in [1.807, 2.05) is 0 Å². The Bertz CT molecular complexity index is 356. The molecule has 0 saturated heterocycles. The summed E-state index contributed by atoms with van der Waals surface area (Å²) in [6, 6.07) is 1.10. The minimum absolute atomic E-state index is 0.966. The van der Waals surface area contributed by atoms with Crippen molar-refractivity contribution in [3.8, 4) is 0 Å². The molecule has 3 heteroatoms. The summed E-state index contributed by atoms with van der Waals surface area (Å²) < 4.78 is 0.966. The van der Waals surface area contributed by atoms with Gasteiger partial charge in [0.2, 0.25) is 0 Å². The van der Waals surface area contributed by atoms with Gasteiger partial charge in [-0.05, 0) is 38.8 Å². The van der Waals surface area contributed by atoms with Crippen molar-refractivity contribution in [2.45, 2.75) is 38.1 Å². The molecule has 0 saturated carbocycles. The third-order valence-corrected chi connectivity index (χ3v) is 4.02. The largest absolute Gasteiger partial charge is 0.317 e. The summed E-state index contributed by atoms with van der Waals surface area (Å²) in [5.74, 6) is 0. The molecule has 1 N–H and O–H groups in total. The number of nitrogens with zero attached hydrogens (tertiary/aromatic N) is 1. The highest BCUT2D eigenvalue weighted by Gasteiger charge is 2.17. The molecular weight excluding hydrogens is 272 g/mol. The van der Waals surface area contributed by atoms with Crippen LogP contribution < -0.4 is 5.32 Å². The second kappa shape index (κ2) is 10.9. The lowest BCUT2D eigenvalue weighted by Crippen LogP contribution is -2.34. The standard InChI is InChI=1S/C18H31N2Si/c1-20(2,17-18-11-6-5-7-12-18)15-9-4-3-8-13-19-14-10-16-21/h5-7,11-12,17,19H,3-4,8-10,13-16H2,1-2H3/q+2. The Morgan fingerprint density at radius 2 is 1.86 bits per heavy atom. The van der Waals surface area contributed by atoms with Gasteiger partial charge < -0.3 is 5.32 Å². The molecule has 115 valence electrons. The monoisotopic (exact) mass is 303 g/mol. The molecule has 0 spiro atoms. The van der Waals surface area contributed by atoms with Crippen molar-refractivity contribution in [2.75, 3.05) is 33.7 Å². The average molecular weight is 304 g/mol. The number of allylic oxidation sites excluding steroid dienone is 5. The van der Waals surface area contributed by atoms with Crippen LogP contribution in [0.1, 0.15) is 32.1 Å². The van der Waals surface area contributed by atoms with E-state index in [1.54, 1.807) is 0 Å². The van der Waals surface area contributed by atoms with Crippen LogP contribution >= 0.6 is 0 Å². The summed E-state index contributed by atoms with van der Waals surface area (Å²) in [6.07, 6.45) is 19.5. The van der Waals surface area contributed by atoms with Gasteiger partial charge in [-0.3, -0.25) is 4.48 Å². The lowest BCUT2D eigenvalue weighted by atomic mass is 10.1. The minimum Gasteiger partial charge on any atom is -0.317 e. The van der Waals surface area contributed by atoms with Crippen molar-refractivity contribution >= 4 is 10.2 Å². The minimum atomic E-state index is 0.966. The van der Waals surface area contributed by atoms with Crippen molar-refractivity contribution in [1.82, 2.24) is 5.32 Å². The van der Waals surface area contributed by atoms with Crippen LogP contribution in [0.5, 0.6) is 0 Å². The van der Waals surface area contributed by atoms with Crippen molar-refractivity contribution in [3.63, 3.8) is 0 Å². The maximum absolute atomic E-state index is 3.49. The Hall–Kier alpha value is -0.773. The smallest absolute Gasteiger partial charge is 0.177 e. The Labute approximate surface area is 135 Å². The maximum Gasteiger partial charge on any atom is 0.177 e. The first-order chi connectivity index (χ1) is 10.1. The number of unbranched alkanes of at least 4 members (excludes halogenated alkanes) is 3. The topological polar surface area (TPSA) is 12.0 Å². The zero-order valence-electron chi connectivity index (χ0n) is 13.8. The normalized spacial score (nSPS) is 16.4. The second-order valence-corrected chi connectivity index (χ2v) is 6.81. The first-order valence-corrected chi connectivity index (χ1v) is 8.94. The molecule has 0 atom stereocenters. The van der Waals surface area contributed by atoms with Gasteiger partial charge in [0.25, 0.3) is 0 Å². The Morgan fingerprint density at radius 1 is 1.10 bits per heavy atom. The van der Waals surface area contributed by atoms with E-state index in [0.29, 0.717) is 0 Å². The van der Waals surface area contributed by atoms with E-state index in [-0.39, 0.29) is 0 Å². The molecule has 1 aliphatic carbocycles. The Balaban J connectivity index is 2.05. The molecule has 0 aliphatic heterocycles. The fraction of sp³-hybridized carbons (Fsp3) is 0.611. The predicted molar refractivity (Wildman–Crippen MR) is 94.2 cm³/mol. The van der Waals surface area contributed by atoms with Crippen LogP contribution in [0.2, 0.25) is 6.04 Å². The molecule has 0 aromatic carbocycles. The first kappa shape index (κ1) is 18.3. The molecule has 0 unspecified atom stereocenters. The molecule has 3 radical (unpaired) electrons. The van der Waals surface area contributed by atoms with Crippen molar-refractivity contribution in [3.05, 3.63) is 42.5 Å². The van der Waals surface area contributed by atoms with Gasteiger partial charge in [0.05, 0.1) is 20.6 Å². The van der Waals surface area contributed by atoms with Crippen LogP contribution in [0.3, 0.4) is 0 Å². The van der Waals surface area contributed by atoms with E-state index in [0.717, 1.165) is 17.1 Å². The average Bonchev–Trinajstić information content (AvgIpc) is 2.46. The summed E-state index contributed by atoms with van der Waals surface area (Å²) in [4.78, 5) is 0. The van der Waals surface area contributed by atoms with E-state index in [1.165, 1.54) is 50.8 Å². The number of hydrogen-bond donors (Lipinski definition) is 1. The highest BCUT2D eigenvalue weighted by Crippen LogP contribution is 2.14. The Morgan fingerprint density at radius 3 is 2.57 bits per heavy atom. The molecule has 0 aromatic heterocycles. The summed E-state index contributed by atoms with van der Waals surface area (Å²) in [6.45, 7) is 3.52. The van der Waals surface area contributed by atoms with Crippen LogP contribution in [-0.4, -0.2) is 48.5 Å². The molecule has 0 aromatic rings. The zero-order valence-corrected chi connectivity index (χ0v) is 14.8. The summed E-state index contributed by atoms with van der Waals surface area (Å²) in [7, 11) is 8.07. The van der Waals surface area contributed by atoms with Crippen LogP contribution in [0.4, 0.5) is 0 Å². The molecule has 1 rings (SSSR count). The molecule has 0 heterocycles. The number of nitrogens with one attached hydrogen (secondary N) is 1. The molecule has 21 heavy (non-hydrogen) atoms. The van der Waals surface area contributed by atoms with Gasteiger partial charge in [-0.15, -0.1) is 0 Å². The van der Waals surface area contributed by atoms with E-state index in [2.05, 4.69) is 66.6 Å². The number of hydrogen-bond acceptors (Lipinski definition) is 1. The van der Waals surface area contributed by atoms with Crippen molar-refractivity contribution in [1.29, 1.82) is 0 Å². The van der Waals surface area contributed by atoms with Crippen LogP contribution in [0.15, 0.2) is 36.1 Å². The van der Waals surface area contributed by atoms with Gasteiger partial charge in [-0.2, -0.15) is 0 Å². The zero-order chi connectivity index (χ0) is 15.4. The maximum atomic E-state index is 3.49. The Kier molecular flexibility index (Phi) is 9.47. The van der Waals surface area contributed by atoms with E-state index >= 15 is 0 Å². The van der Waals surface area contributed by atoms with Crippen molar-refractivity contribution < 1.29 is 4.48 Å². The SMILES string of the molecule is C[N+](C)(C=C1C=CC=C[CH+]1)CCCCCCNCCC[Si]. The van der Waals surface area contributed by atoms with Crippen LogP contribution in [-0.2, 0) is 0 Å². The molecule has 0 amide bonds. The third kappa shape index (κ3) is 9.72. The van der Waals surface area contributed by atoms with Gasteiger partial charge in [0.15, 0.2) is 6.20 Å². The molecule has 2 nitrogen and oxygen atoms in total. The molecule has 0 fully saturated rings. The van der Waals surface area contributed by atoms with Crippen LogP contribution in [0.25, 0.3) is 0 Å². The third-order valence-electron chi connectivity index (χ3n) is 3.67. The summed E-state index contributed by atoms with van der Waals surface area (Å²) in [5.41, 5.74) is 1.32. The lowest BCUT2D eigenvalue weighted by molar-refractivity contribution is -0.839. The highest BCUT2D eigenvalue weighted by molar-refractivity contribution is 6.08. The van der Waals surface area contributed by atoms with E-state index in [9.17, 15) is 0 Å². The second-order valence-electron chi connectivity index (χ2n) is 6.31. The lowest BCUT2D eigenvalue weighted by Gasteiger charge is -2.23. The number of quaternary nitrogens is 1. The summed E-state index contributed by atoms with van der Waals surface area (Å²) >= 11 is 0. The quantitative estimate of drug-likeness (QED) is 0.267. The fourth-order valence-electron chi connectivity index (χ4n) is 2.47. The predicted octanol–water partition coefficient (Wildman–Crippen LogP) is 3.40. The van der Waals surface area contributed by atoms with Gasteiger partial charge >= 0.3 is 0 Å². The molecular formula is C18H31N2Si+2. The van der Waals surface area contributed by atoms with Gasteiger partial charge in [0.1, 0.15) is 5.57 Å². The van der Waals surface area contributed by atoms with Gasteiger partial charge in [-0.25, -0.2) is 0 Å². The molecule has 0 bridgehead atoms. The van der Waals surface area contributed by atoms with E-state index in [4.69, 9.17) is 0 Å². The highest BCUT2D eigenvalue weighted by atomic mass is 28.1. The fourth-order valence-corrected chi connectivity index (χ4v) is 2.65. The van der Waals surface area contributed by atoms with Gasteiger partial charge in [-0.1, -0.05) is 12.5 Å².